The summed E-state index contributed by atoms with van der Waals surface area (Å²) in [6.45, 7) is 4.77. The molecule has 180 valence electrons. The van der Waals surface area contributed by atoms with Gasteiger partial charge in [0.1, 0.15) is 11.2 Å². The average molecular weight is 472 g/mol. The molecule has 1 aromatic heterocycles. The van der Waals surface area contributed by atoms with Gasteiger partial charge in [0.05, 0.1) is 12.9 Å². The molecule has 1 atom stereocenters. The molecule has 1 aliphatic heterocycles. The van der Waals surface area contributed by atoms with Gasteiger partial charge in [0.2, 0.25) is 5.91 Å². The van der Waals surface area contributed by atoms with Gasteiger partial charge in [-0.15, -0.1) is 0 Å². The van der Waals surface area contributed by atoms with Crippen molar-refractivity contribution >= 4 is 17.7 Å². The summed E-state index contributed by atoms with van der Waals surface area (Å²) >= 11 is 0. The summed E-state index contributed by atoms with van der Waals surface area (Å²) in [5.74, 6) is -0.942. The van der Waals surface area contributed by atoms with Gasteiger partial charge in [-0.3, -0.25) is 14.4 Å². The number of benzene rings is 2. The van der Waals surface area contributed by atoms with Crippen molar-refractivity contribution in [2.24, 2.45) is 0 Å². The number of amides is 3. The Morgan fingerprint density at radius 1 is 1.03 bits per heavy atom. The van der Waals surface area contributed by atoms with Gasteiger partial charge in [0.25, 0.3) is 11.8 Å². The molecule has 2 aromatic carbocycles. The zero-order chi connectivity index (χ0) is 24.6. The van der Waals surface area contributed by atoms with E-state index in [0.717, 1.165) is 29.5 Å². The lowest BCUT2D eigenvalue weighted by Crippen LogP contribution is -2.64. The Morgan fingerprint density at radius 2 is 1.74 bits per heavy atom. The summed E-state index contributed by atoms with van der Waals surface area (Å²) in [7, 11) is 0. The maximum absolute atomic E-state index is 13.7. The van der Waals surface area contributed by atoms with E-state index in [1.165, 1.54) is 6.33 Å². The van der Waals surface area contributed by atoms with Crippen LogP contribution in [0.5, 0.6) is 0 Å². The molecule has 3 aromatic rings. The second-order valence-corrected chi connectivity index (χ2v) is 9.59. The molecule has 3 amide bonds. The Kier molecular flexibility index (Phi) is 5.88. The molecule has 0 unspecified atom stereocenters. The molecule has 0 spiro atoms. The summed E-state index contributed by atoms with van der Waals surface area (Å²) in [5, 5.41) is 5.88. The minimum Gasteiger partial charge on any atom is -0.350 e. The summed E-state index contributed by atoms with van der Waals surface area (Å²) < 4.78 is 1.64. The van der Waals surface area contributed by atoms with Gasteiger partial charge in [-0.25, -0.2) is 4.98 Å². The molecule has 0 bridgehead atoms. The third-order valence-electron chi connectivity index (χ3n) is 6.72. The lowest BCUT2D eigenvalue weighted by molar-refractivity contribution is -0.133. The van der Waals surface area contributed by atoms with E-state index in [4.69, 9.17) is 0 Å². The van der Waals surface area contributed by atoms with Crippen LogP contribution in [0.1, 0.15) is 57.4 Å². The highest BCUT2D eigenvalue weighted by molar-refractivity contribution is 6.07. The van der Waals surface area contributed by atoms with Crippen LogP contribution >= 0.6 is 0 Å². The van der Waals surface area contributed by atoms with Gasteiger partial charge in [0, 0.05) is 19.1 Å². The number of carbonyl (C=O) groups is 3. The Balaban J connectivity index is 1.37. The van der Waals surface area contributed by atoms with Gasteiger partial charge in [-0.2, -0.15) is 0 Å². The number of aryl methyl sites for hydroxylation is 1. The lowest BCUT2D eigenvalue weighted by Gasteiger charge is -2.44. The highest BCUT2D eigenvalue weighted by atomic mass is 16.2. The predicted octanol–water partition coefficient (Wildman–Crippen LogP) is 2.81. The number of aromatic nitrogens is 2. The van der Waals surface area contributed by atoms with Crippen LogP contribution in [0.4, 0.5) is 0 Å². The lowest BCUT2D eigenvalue weighted by atomic mass is 9.93. The molecule has 0 radical (unpaired) electrons. The SMILES string of the molecule is Cc1cccc(CNC(=O)[C@@]2(C)Cn3cnc(C(=O)NCc4ccccc4)c3C(=O)N2C2CC2)c1. The van der Waals surface area contributed by atoms with Crippen molar-refractivity contribution in [1.29, 1.82) is 0 Å². The third-order valence-corrected chi connectivity index (χ3v) is 6.72. The molecule has 35 heavy (non-hydrogen) atoms. The molecule has 0 saturated heterocycles. The maximum atomic E-state index is 13.7. The van der Waals surface area contributed by atoms with Crippen LogP contribution in [0.15, 0.2) is 60.9 Å². The van der Waals surface area contributed by atoms with E-state index in [9.17, 15) is 14.4 Å². The summed E-state index contributed by atoms with van der Waals surface area (Å²) in [4.78, 5) is 46.0. The van der Waals surface area contributed by atoms with E-state index in [-0.39, 0.29) is 35.8 Å². The van der Waals surface area contributed by atoms with Crippen LogP contribution in [-0.4, -0.2) is 43.8 Å². The van der Waals surface area contributed by atoms with Crippen LogP contribution in [0.3, 0.4) is 0 Å². The summed E-state index contributed by atoms with van der Waals surface area (Å²) in [6.07, 6.45) is 3.17. The molecule has 1 saturated carbocycles. The minimum atomic E-state index is -1.08. The first kappa shape index (κ1) is 22.8. The largest absolute Gasteiger partial charge is 0.350 e. The average Bonchev–Trinajstić information content (AvgIpc) is 3.59. The third kappa shape index (κ3) is 4.43. The van der Waals surface area contributed by atoms with Crippen LogP contribution in [0.25, 0.3) is 0 Å². The number of nitrogens with zero attached hydrogens (tertiary/aromatic N) is 3. The Bertz CT molecular complexity index is 1280. The smallest absolute Gasteiger partial charge is 0.274 e. The van der Waals surface area contributed by atoms with Crippen molar-refractivity contribution in [3.05, 3.63) is 89.0 Å². The molecule has 2 N–H and O–H groups in total. The summed E-state index contributed by atoms with van der Waals surface area (Å²) in [6, 6.07) is 17.5. The Labute approximate surface area is 204 Å². The van der Waals surface area contributed by atoms with Gasteiger partial charge >= 0.3 is 0 Å². The molecule has 5 rings (SSSR count). The molecule has 8 nitrogen and oxygen atoms in total. The topological polar surface area (TPSA) is 96.3 Å². The highest BCUT2D eigenvalue weighted by Crippen LogP contribution is 2.38. The first-order chi connectivity index (χ1) is 16.9. The van der Waals surface area contributed by atoms with Crippen LogP contribution in [0, 0.1) is 6.92 Å². The molecular weight excluding hydrogens is 442 g/mol. The van der Waals surface area contributed by atoms with Crippen molar-refractivity contribution in [3.63, 3.8) is 0 Å². The van der Waals surface area contributed by atoms with E-state index in [1.807, 2.05) is 61.5 Å². The summed E-state index contributed by atoms with van der Waals surface area (Å²) in [5.41, 5.74) is 2.34. The van der Waals surface area contributed by atoms with Crippen molar-refractivity contribution in [2.75, 3.05) is 0 Å². The van der Waals surface area contributed by atoms with Crippen LogP contribution in [0.2, 0.25) is 0 Å². The Morgan fingerprint density at radius 3 is 2.46 bits per heavy atom. The molecule has 1 fully saturated rings. The molecule has 1 aliphatic carbocycles. The second kappa shape index (κ2) is 9.02. The Hall–Kier alpha value is -3.94. The highest BCUT2D eigenvalue weighted by Gasteiger charge is 2.53. The number of rotatable bonds is 7. The van der Waals surface area contributed by atoms with Crippen LogP contribution in [-0.2, 0) is 24.4 Å². The molecule has 2 aliphatic rings. The van der Waals surface area contributed by atoms with Crippen molar-refractivity contribution in [2.45, 2.75) is 57.9 Å². The molecule has 2 heterocycles. The van der Waals surface area contributed by atoms with Gasteiger partial charge < -0.3 is 20.1 Å². The van der Waals surface area contributed by atoms with Gasteiger partial charge in [-0.05, 0) is 37.8 Å². The quantitative estimate of drug-likeness (QED) is 0.554. The standard InChI is InChI=1S/C27H29N5O3/c1-18-7-6-10-20(13-18)15-29-26(35)27(2)16-31-17-30-22(23(31)25(34)32(27)21-11-12-21)24(33)28-14-19-8-4-3-5-9-19/h3-10,13,17,21H,11-12,14-16H2,1-2H3,(H,28,33)(H,29,35)/t27-/m1/s1. The number of hydrogen-bond donors (Lipinski definition) is 2. The number of carbonyl (C=O) groups excluding carboxylic acids is 3. The zero-order valence-electron chi connectivity index (χ0n) is 20.0. The zero-order valence-corrected chi connectivity index (χ0v) is 20.0. The first-order valence-electron chi connectivity index (χ1n) is 11.9. The van der Waals surface area contributed by atoms with E-state index in [1.54, 1.807) is 16.4 Å². The maximum Gasteiger partial charge on any atom is 0.274 e. The van der Waals surface area contributed by atoms with E-state index in [2.05, 4.69) is 15.6 Å². The normalized spacial score (nSPS) is 19.3. The van der Waals surface area contributed by atoms with Gasteiger partial charge in [0.15, 0.2) is 5.69 Å². The molecule has 8 heteroatoms. The number of imidazole rings is 1. The second-order valence-electron chi connectivity index (χ2n) is 9.59. The van der Waals surface area contributed by atoms with E-state index < -0.39 is 11.4 Å². The first-order valence-corrected chi connectivity index (χ1v) is 11.9. The van der Waals surface area contributed by atoms with Crippen molar-refractivity contribution < 1.29 is 14.4 Å². The van der Waals surface area contributed by atoms with E-state index in [0.29, 0.717) is 13.1 Å². The number of hydrogen-bond acceptors (Lipinski definition) is 4. The number of nitrogens with one attached hydrogen (secondary N) is 2. The van der Waals surface area contributed by atoms with Crippen molar-refractivity contribution in [3.8, 4) is 0 Å². The van der Waals surface area contributed by atoms with Gasteiger partial charge in [-0.1, -0.05) is 60.2 Å². The predicted molar refractivity (Wildman–Crippen MR) is 130 cm³/mol. The molecular formula is C27H29N5O3. The fourth-order valence-electron chi connectivity index (χ4n) is 4.78. The fraction of sp³-hybridized carbons (Fsp3) is 0.333. The van der Waals surface area contributed by atoms with Crippen molar-refractivity contribution in [1.82, 2.24) is 25.1 Å². The minimum absolute atomic E-state index is 0.0129. The monoisotopic (exact) mass is 471 g/mol. The van der Waals surface area contributed by atoms with E-state index >= 15 is 0 Å². The van der Waals surface area contributed by atoms with Crippen LogP contribution < -0.4 is 10.6 Å². The fourth-order valence-corrected chi connectivity index (χ4v) is 4.78. The number of fused-ring (bicyclic) bond motifs is 1.